The number of halogens is 1. The van der Waals surface area contributed by atoms with E-state index in [1.165, 1.54) is 5.56 Å². The zero-order valence-electron chi connectivity index (χ0n) is 12.6. The van der Waals surface area contributed by atoms with E-state index in [1.54, 1.807) is 0 Å². The Morgan fingerprint density at radius 2 is 1.95 bits per heavy atom. The van der Waals surface area contributed by atoms with Crippen molar-refractivity contribution in [3.63, 3.8) is 0 Å². The lowest BCUT2D eigenvalue weighted by molar-refractivity contribution is 0.796. The maximum absolute atomic E-state index is 6.43. The minimum Gasteiger partial charge on any atom is -0.364 e. The van der Waals surface area contributed by atoms with Crippen molar-refractivity contribution in [3.8, 4) is 0 Å². The third kappa shape index (κ3) is 3.96. The van der Waals surface area contributed by atoms with E-state index in [2.05, 4.69) is 28.9 Å². The van der Waals surface area contributed by atoms with E-state index in [4.69, 9.17) is 17.3 Å². The molecule has 0 amide bonds. The fourth-order valence-corrected chi connectivity index (χ4v) is 2.82. The number of nitrogens with two attached hydrogens (primary N) is 1. The number of rotatable bonds is 6. The van der Waals surface area contributed by atoms with Gasteiger partial charge in [0, 0.05) is 12.2 Å². The first kappa shape index (κ1) is 15.8. The number of para-hydroxylation sites is 1. The van der Waals surface area contributed by atoms with Crippen molar-refractivity contribution in [2.45, 2.75) is 26.8 Å². The van der Waals surface area contributed by atoms with Gasteiger partial charge in [-0.15, -0.1) is 0 Å². The van der Waals surface area contributed by atoms with Crippen LogP contribution in [0.5, 0.6) is 0 Å². The van der Waals surface area contributed by atoms with Gasteiger partial charge in [-0.3, -0.25) is 4.98 Å². The van der Waals surface area contributed by atoms with E-state index in [0.29, 0.717) is 6.54 Å². The number of anilines is 1. The Balaban J connectivity index is 2.33. The molecule has 2 aromatic rings. The van der Waals surface area contributed by atoms with Gasteiger partial charge in [-0.1, -0.05) is 29.8 Å². The Morgan fingerprint density at radius 3 is 2.62 bits per heavy atom. The molecule has 1 aromatic heterocycles. The number of aromatic nitrogens is 1. The van der Waals surface area contributed by atoms with Gasteiger partial charge < -0.3 is 10.6 Å². The third-order valence-corrected chi connectivity index (χ3v) is 3.79. The van der Waals surface area contributed by atoms with Crippen molar-refractivity contribution in [2.75, 3.05) is 18.0 Å². The number of benzene rings is 1. The van der Waals surface area contributed by atoms with Crippen molar-refractivity contribution in [1.29, 1.82) is 0 Å². The summed E-state index contributed by atoms with van der Waals surface area (Å²) in [6.45, 7) is 6.38. The number of nitrogens with zero attached hydrogens (tertiary/aromatic N) is 2. The Morgan fingerprint density at radius 1 is 1.19 bits per heavy atom. The average Bonchev–Trinajstić information content (AvgIpc) is 2.46. The van der Waals surface area contributed by atoms with Gasteiger partial charge in [0.1, 0.15) is 0 Å². The topological polar surface area (TPSA) is 42.2 Å². The molecule has 0 fully saturated rings. The summed E-state index contributed by atoms with van der Waals surface area (Å²) in [6.07, 6.45) is 0.827. The normalized spacial score (nSPS) is 10.7. The van der Waals surface area contributed by atoms with E-state index in [0.717, 1.165) is 41.6 Å². The van der Waals surface area contributed by atoms with Crippen LogP contribution in [0.4, 0.5) is 5.69 Å². The predicted octanol–water partition coefficient (Wildman–Crippen LogP) is 3.57. The van der Waals surface area contributed by atoms with Crippen molar-refractivity contribution < 1.29 is 0 Å². The van der Waals surface area contributed by atoms with Gasteiger partial charge in [-0.05, 0) is 50.6 Å². The summed E-state index contributed by atoms with van der Waals surface area (Å²) in [7, 11) is 0. The third-order valence-electron chi connectivity index (χ3n) is 3.48. The SMILES string of the molecule is CCN(Cc1cccc(C)n1)c1c(Cl)cccc1CCN. The van der Waals surface area contributed by atoms with Crippen molar-refractivity contribution >= 4 is 17.3 Å². The molecular weight excluding hydrogens is 282 g/mol. The highest BCUT2D eigenvalue weighted by Gasteiger charge is 2.14. The summed E-state index contributed by atoms with van der Waals surface area (Å²) in [5.41, 5.74) is 10.1. The van der Waals surface area contributed by atoms with Crippen LogP contribution in [0.25, 0.3) is 0 Å². The van der Waals surface area contributed by atoms with Gasteiger partial charge in [-0.2, -0.15) is 0 Å². The summed E-state index contributed by atoms with van der Waals surface area (Å²) in [5.74, 6) is 0. The van der Waals surface area contributed by atoms with Crippen LogP contribution in [0, 0.1) is 6.92 Å². The average molecular weight is 304 g/mol. The first-order valence-corrected chi connectivity index (χ1v) is 7.68. The molecule has 0 aliphatic rings. The Hall–Kier alpha value is -1.58. The largest absolute Gasteiger partial charge is 0.364 e. The van der Waals surface area contributed by atoms with Gasteiger partial charge in [0.2, 0.25) is 0 Å². The van der Waals surface area contributed by atoms with E-state index in [1.807, 2.05) is 31.2 Å². The standard InChI is InChI=1S/C17H22ClN3/c1-3-21(12-15-8-4-6-13(2)20-15)17-14(10-11-19)7-5-9-16(17)18/h4-9H,3,10-12,19H2,1-2H3. The molecule has 0 atom stereocenters. The summed E-state index contributed by atoms with van der Waals surface area (Å²) in [5, 5.41) is 0.774. The number of pyridine rings is 1. The van der Waals surface area contributed by atoms with Crippen LogP contribution in [0.2, 0.25) is 5.02 Å². The molecule has 2 N–H and O–H groups in total. The summed E-state index contributed by atoms with van der Waals surface area (Å²) >= 11 is 6.43. The highest BCUT2D eigenvalue weighted by atomic mass is 35.5. The molecule has 0 spiro atoms. The van der Waals surface area contributed by atoms with E-state index >= 15 is 0 Å². The molecule has 0 unspecified atom stereocenters. The molecule has 21 heavy (non-hydrogen) atoms. The summed E-state index contributed by atoms with van der Waals surface area (Å²) in [6, 6.07) is 12.1. The van der Waals surface area contributed by atoms with Crippen LogP contribution in [-0.4, -0.2) is 18.1 Å². The van der Waals surface area contributed by atoms with Crippen LogP contribution in [0.3, 0.4) is 0 Å². The van der Waals surface area contributed by atoms with Gasteiger partial charge in [0.25, 0.3) is 0 Å². The van der Waals surface area contributed by atoms with Crippen molar-refractivity contribution in [2.24, 2.45) is 5.73 Å². The lowest BCUT2D eigenvalue weighted by Gasteiger charge is -2.26. The van der Waals surface area contributed by atoms with E-state index in [9.17, 15) is 0 Å². The molecule has 0 bridgehead atoms. The Bertz CT molecular complexity index is 598. The maximum Gasteiger partial charge on any atom is 0.0642 e. The highest BCUT2D eigenvalue weighted by Crippen LogP contribution is 2.31. The van der Waals surface area contributed by atoms with Crippen molar-refractivity contribution in [1.82, 2.24) is 4.98 Å². The predicted molar refractivity (Wildman–Crippen MR) is 89.9 cm³/mol. The zero-order chi connectivity index (χ0) is 15.2. The van der Waals surface area contributed by atoms with Gasteiger partial charge in [-0.25, -0.2) is 0 Å². The summed E-state index contributed by atoms with van der Waals surface area (Å²) < 4.78 is 0. The summed E-state index contributed by atoms with van der Waals surface area (Å²) in [4.78, 5) is 6.84. The van der Waals surface area contributed by atoms with E-state index in [-0.39, 0.29) is 0 Å². The second kappa shape index (κ2) is 7.43. The number of aryl methyl sites for hydroxylation is 1. The first-order valence-electron chi connectivity index (χ1n) is 7.30. The second-order valence-corrected chi connectivity index (χ2v) is 5.48. The fraction of sp³-hybridized carbons (Fsp3) is 0.353. The monoisotopic (exact) mass is 303 g/mol. The van der Waals surface area contributed by atoms with Gasteiger partial charge >= 0.3 is 0 Å². The fourth-order valence-electron chi connectivity index (χ4n) is 2.50. The van der Waals surface area contributed by atoms with Gasteiger partial charge in [0.05, 0.1) is 22.9 Å². The molecule has 3 nitrogen and oxygen atoms in total. The molecule has 0 saturated heterocycles. The maximum atomic E-state index is 6.43. The van der Waals surface area contributed by atoms with Crippen LogP contribution < -0.4 is 10.6 Å². The molecule has 1 heterocycles. The molecule has 2 rings (SSSR count). The lowest BCUT2D eigenvalue weighted by atomic mass is 10.1. The van der Waals surface area contributed by atoms with Crippen molar-refractivity contribution in [3.05, 3.63) is 58.4 Å². The molecule has 4 heteroatoms. The van der Waals surface area contributed by atoms with Crippen LogP contribution >= 0.6 is 11.6 Å². The zero-order valence-corrected chi connectivity index (χ0v) is 13.4. The van der Waals surface area contributed by atoms with Crippen LogP contribution in [0.1, 0.15) is 23.9 Å². The lowest BCUT2D eigenvalue weighted by Crippen LogP contribution is -2.25. The molecule has 0 saturated carbocycles. The molecule has 0 aliphatic carbocycles. The van der Waals surface area contributed by atoms with Crippen LogP contribution in [-0.2, 0) is 13.0 Å². The van der Waals surface area contributed by atoms with Crippen LogP contribution in [0.15, 0.2) is 36.4 Å². The second-order valence-electron chi connectivity index (χ2n) is 5.07. The number of hydrogen-bond donors (Lipinski definition) is 1. The molecule has 1 aromatic carbocycles. The number of hydrogen-bond acceptors (Lipinski definition) is 3. The minimum absolute atomic E-state index is 0.619. The molecule has 0 radical (unpaired) electrons. The molecule has 112 valence electrons. The Kier molecular flexibility index (Phi) is 5.59. The highest BCUT2D eigenvalue weighted by molar-refractivity contribution is 6.33. The smallest absolute Gasteiger partial charge is 0.0642 e. The first-order chi connectivity index (χ1) is 10.2. The minimum atomic E-state index is 0.619. The van der Waals surface area contributed by atoms with Gasteiger partial charge in [0.15, 0.2) is 0 Å². The quantitative estimate of drug-likeness (QED) is 0.887. The molecule has 0 aliphatic heterocycles. The van der Waals surface area contributed by atoms with E-state index < -0.39 is 0 Å². The molecular formula is C17H22ClN3. The Labute approximate surface area is 131 Å².